The molecule has 0 fully saturated rings. The van der Waals surface area contributed by atoms with Gasteiger partial charge in [-0.1, -0.05) is 30.3 Å². The molecule has 146 valence electrons. The first-order chi connectivity index (χ1) is 13.0. The Labute approximate surface area is 161 Å². The summed E-state index contributed by atoms with van der Waals surface area (Å²) in [6.45, 7) is 1.37. The number of ether oxygens (including phenoxy) is 1. The Hall–Kier alpha value is -3.65. The average molecular weight is 383 g/mol. The molecule has 1 heterocycles. The van der Waals surface area contributed by atoms with Crippen molar-refractivity contribution in [1.82, 2.24) is 9.36 Å². The minimum atomic E-state index is -1.06. The van der Waals surface area contributed by atoms with E-state index in [2.05, 4.69) is 4.99 Å². The Morgan fingerprint density at radius 2 is 1.79 bits per heavy atom. The molecule has 0 aliphatic heterocycles. The van der Waals surface area contributed by atoms with E-state index in [1.54, 1.807) is 40.7 Å². The highest BCUT2D eigenvalue weighted by Gasteiger charge is 2.15. The highest BCUT2D eigenvalue weighted by atomic mass is 16.5. The zero-order chi connectivity index (χ0) is 19.4. The van der Waals surface area contributed by atoms with Gasteiger partial charge in [0.25, 0.3) is 5.56 Å². The van der Waals surface area contributed by atoms with Crippen LogP contribution >= 0.6 is 0 Å². The van der Waals surface area contributed by atoms with Crippen molar-refractivity contribution < 1.29 is 20.1 Å². The molecule has 8 nitrogen and oxygen atoms in total. The molecule has 0 amide bonds. The van der Waals surface area contributed by atoms with Crippen molar-refractivity contribution in [2.24, 2.45) is 12.0 Å². The first-order valence-electron chi connectivity index (χ1n) is 8.30. The first kappa shape index (κ1) is 20.7. The molecule has 0 unspecified atom stereocenters. The lowest BCUT2D eigenvalue weighted by Gasteiger charge is -2.07. The fourth-order valence-electron chi connectivity index (χ4n) is 2.70. The van der Waals surface area contributed by atoms with Crippen LogP contribution in [-0.4, -0.2) is 38.7 Å². The largest absolute Gasteiger partial charge is 0.481 e. The van der Waals surface area contributed by atoms with E-state index in [9.17, 15) is 9.59 Å². The van der Waals surface area contributed by atoms with Crippen molar-refractivity contribution in [3.05, 3.63) is 76.2 Å². The number of benzene rings is 2. The molecule has 28 heavy (non-hydrogen) atoms. The predicted octanol–water partition coefficient (Wildman–Crippen LogP) is 1.87. The summed E-state index contributed by atoms with van der Waals surface area (Å²) < 4.78 is 8.56. The number of carboxylic acids is 1. The molecule has 8 heteroatoms. The van der Waals surface area contributed by atoms with Crippen LogP contribution in [0, 0.1) is 6.92 Å². The number of aromatic nitrogens is 2. The van der Waals surface area contributed by atoms with Gasteiger partial charge in [0.05, 0.1) is 11.4 Å². The summed E-state index contributed by atoms with van der Waals surface area (Å²) >= 11 is 0. The van der Waals surface area contributed by atoms with E-state index in [-0.39, 0.29) is 11.0 Å². The number of hydrogen-bond donors (Lipinski definition) is 1. The van der Waals surface area contributed by atoms with Crippen LogP contribution < -0.4 is 10.3 Å². The summed E-state index contributed by atoms with van der Waals surface area (Å²) in [6, 6.07) is 16.2. The minimum absolute atomic E-state index is 0. The summed E-state index contributed by atoms with van der Waals surface area (Å²) in [5.74, 6) is -0.674. The van der Waals surface area contributed by atoms with Gasteiger partial charge >= 0.3 is 5.97 Å². The van der Waals surface area contributed by atoms with Crippen molar-refractivity contribution in [3.8, 4) is 11.4 Å². The quantitative estimate of drug-likeness (QED) is 0.654. The van der Waals surface area contributed by atoms with Gasteiger partial charge in [0.15, 0.2) is 12.3 Å². The zero-order valence-electron chi connectivity index (χ0n) is 15.5. The first-order valence-corrected chi connectivity index (χ1v) is 8.30. The SMILES string of the molecule is Cc1c(N=Cc2ccccc2OCC(=O)O)c(=O)n(-c2ccccc2)n1C.O. The lowest BCUT2D eigenvalue weighted by Crippen LogP contribution is -2.19. The van der Waals surface area contributed by atoms with E-state index in [4.69, 9.17) is 9.84 Å². The van der Waals surface area contributed by atoms with Gasteiger partial charge in [0, 0.05) is 18.8 Å². The average Bonchev–Trinajstić information content (AvgIpc) is 2.88. The molecule has 0 aliphatic rings. The van der Waals surface area contributed by atoms with E-state index < -0.39 is 12.6 Å². The normalized spacial score (nSPS) is 10.6. The minimum Gasteiger partial charge on any atom is -0.481 e. The maximum absolute atomic E-state index is 12.9. The van der Waals surface area contributed by atoms with Gasteiger partial charge in [0.1, 0.15) is 5.75 Å². The molecular formula is C20H21N3O5. The number of hydrogen-bond acceptors (Lipinski definition) is 4. The lowest BCUT2D eigenvalue weighted by molar-refractivity contribution is -0.139. The van der Waals surface area contributed by atoms with Gasteiger partial charge in [0.2, 0.25) is 0 Å². The molecular weight excluding hydrogens is 362 g/mol. The fraction of sp³-hybridized carbons (Fsp3) is 0.150. The van der Waals surface area contributed by atoms with Crippen molar-refractivity contribution >= 4 is 17.9 Å². The third-order valence-corrected chi connectivity index (χ3v) is 4.13. The van der Waals surface area contributed by atoms with Crippen molar-refractivity contribution in [2.75, 3.05) is 6.61 Å². The molecule has 0 radical (unpaired) electrons. The van der Waals surface area contributed by atoms with Crippen molar-refractivity contribution in [2.45, 2.75) is 6.92 Å². The Morgan fingerprint density at radius 1 is 1.14 bits per heavy atom. The van der Waals surface area contributed by atoms with Crippen LogP contribution in [0.15, 0.2) is 64.4 Å². The van der Waals surface area contributed by atoms with Crippen LogP contribution in [0.4, 0.5) is 5.69 Å². The maximum atomic E-state index is 12.9. The number of nitrogens with zero attached hydrogens (tertiary/aromatic N) is 3. The number of carboxylic acid groups (broad SMARTS) is 1. The summed E-state index contributed by atoms with van der Waals surface area (Å²) in [5.41, 5.74) is 2.13. The van der Waals surface area contributed by atoms with E-state index in [0.717, 1.165) is 5.69 Å². The zero-order valence-corrected chi connectivity index (χ0v) is 15.5. The third kappa shape index (κ3) is 4.18. The van der Waals surface area contributed by atoms with Gasteiger partial charge in [-0.15, -0.1) is 0 Å². The van der Waals surface area contributed by atoms with E-state index in [1.165, 1.54) is 6.21 Å². The third-order valence-electron chi connectivity index (χ3n) is 4.13. The highest BCUT2D eigenvalue weighted by Crippen LogP contribution is 2.19. The van der Waals surface area contributed by atoms with E-state index in [0.29, 0.717) is 22.7 Å². The number of carbonyl (C=O) groups is 1. The monoisotopic (exact) mass is 383 g/mol. The molecule has 3 N–H and O–H groups in total. The number of aliphatic carboxylic acids is 1. The molecule has 0 saturated carbocycles. The second-order valence-corrected chi connectivity index (χ2v) is 5.89. The molecule has 0 aliphatic carbocycles. The van der Waals surface area contributed by atoms with Crippen LogP contribution in [0.5, 0.6) is 5.75 Å². The number of rotatable bonds is 6. The lowest BCUT2D eigenvalue weighted by atomic mass is 10.2. The molecule has 1 aromatic heterocycles. The molecule has 0 atom stereocenters. The van der Waals surface area contributed by atoms with Crippen LogP contribution in [-0.2, 0) is 11.8 Å². The summed E-state index contributed by atoms with van der Waals surface area (Å²) in [5, 5.41) is 8.78. The Morgan fingerprint density at radius 3 is 2.46 bits per heavy atom. The Balaban J connectivity index is 0.00000280. The second kappa shape index (κ2) is 8.83. The van der Waals surface area contributed by atoms with Gasteiger partial charge < -0.3 is 15.3 Å². The molecule has 0 spiro atoms. The van der Waals surface area contributed by atoms with Crippen LogP contribution in [0.1, 0.15) is 11.3 Å². The molecule has 2 aromatic carbocycles. The maximum Gasteiger partial charge on any atom is 0.341 e. The van der Waals surface area contributed by atoms with Crippen LogP contribution in [0.2, 0.25) is 0 Å². The molecule has 3 aromatic rings. The van der Waals surface area contributed by atoms with Gasteiger partial charge in [-0.25, -0.2) is 14.5 Å². The van der Waals surface area contributed by atoms with E-state index >= 15 is 0 Å². The summed E-state index contributed by atoms with van der Waals surface area (Å²) in [6.07, 6.45) is 1.51. The summed E-state index contributed by atoms with van der Waals surface area (Å²) in [7, 11) is 1.80. The molecule has 3 rings (SSSR count). The Kier molecular flexibility index (Phi) is 6.51. The van der Waals surface area contributed by atoms with Gasteiger partial charge in [-0.05, 0) is 31.2 Å². The Bertz CT molecular complexity index is 1050. The van der Waals surface area contributed by atoms with Gasteiger partial charge in [-0.3, -0.25) is 9.48 Å². The molecule has 0 saturated heterocycles. The standard InChI is InChI=1S/C20H19N3O4.H2O/c1-14-19(20(26)23(22(14)2)16-9-4-3-5-10-16)21-12-15-8-6-7-11-17(15)27-13-18(24)25;/h3-12H,13H2,1-2H3,(H,24,25);1H2. The summed E-state index contributed by atoms with van der Waals surface area (Å²) in [4.78, 5) is 27.9. The van der Waals surface area contributed by atoms with Crippen molar-refractivity contribution in [1.29, 1.82) is 0 Å². The smallest absolute Gasteiger partial charge is 0.341 e. The second-order valence-electron chi connectivity index (χ2n) is 5.89. The van der Waals surface area contributed by atoms with Crippen LogP contribution in [0.3, 0.4) is 0 Å². The number of para-hydroxylation sites is 2. The van der Waals surface area contributed by atoms with Crippen LogP contribution in [0.25, 0.3) is 5.69 Å². The molecule has 0 bridgehead atoms. The predicted molar refractivity (Wildman–Crippen MR) is 106 cm³/mol. The number of aliphatic imine (C=N–C) groups is 1. The fourth-order valence-corrected chi connectivity index (χ4v) is 2.70. The van der Waals surface area contributed by atoms with Crippen molar-refractivity contribution in [3.63, 3.8) is 0 Å². The van der Waals surface area contributed by atoms with E-state index in [1.807, 2.05) is 37.3 Å². The topological polar surface area (TPSA) is 117 Å². The highest BCUT2D eigenvalue weighted by molar-refractivity contribution is 5.85. The van der Waals surface area contributed by atoms with Gasteiger partial charge in [-0.2, -0.15) is 0 Å².